The lowest BCUT2D eigenvalue weighted by atomic mass is 9.88. The molecule has 1 unspecified atom stereocenters. The van der Waals surface area contributed by atoms with E-state index in [1.165, 1.54) is 19.2 Å². The number of anilines is 1. The summed E-state index contributed by atoms with van der Waals surface area (Å²) in [4.78, 5) is 13.9. The molecule has 168 valence electrons. The van der Waals surface area contributed by atoms with Gasteiger partial charge in [0.2, 0.25) is 0 Å². The Kier molecular flexibility index (Phi) is 6.42. The molecule has 32 heavy (non-hydrogen) atoms. The van der Waals surface area contributed by atoms with Crippen molar-refractivity contribution in [2.75, 3.05) is 25.5 Å². The van der Waals surface area contributed by atoms with E-state index in [0.717, 1.165) is 48.2 Å². The third kappa shape index (κ3) is 4.32. The number of nitrogens with one attached hydrogen (secondary N) is 2. The van der Waals surface area contributed by atoms with Crippen LogP contribution in [-0.2, 0) is 13.0 Å². The van der Waals surface area contributed by atoms with Crippen molar-refractivity contribution in [3.63, 3.8) is 0 Å². The molecule has 0 spiro atoms. The van der Waals surface area contributed by atoms with Crippen LogP contribution in [0.4, 0.5) is 14.5 Å². The number of allylic oxidation sites excluding steroid dienone is 1. The maximum absolute atomic E-state index is 15.2. The van der Waals surface area contributed by atoms with Gasteiger partial charge in [-0.3, -0.25) is 9.69 Å². The molecule has 0 aromatic heterocycles. The third-order valence-electron chi connectivity index (χ3n) is 6.54. The Morgan fingerprint density at radius 1 is 1.28 bits per heavy atom. The van der Waals surface area contributed by atoms with Crippen molar-refractivity contribution in [3.05, 3.63) is 82.6 Å². The van der Waals surface area contributed by atoms with Crippen LogP contribution in [0.15, 0.2) is 48.7 Å². The Balaban J connectivity index is 1.45. The molecule has 0 aliphatic carbocycles. The molecule has 2 aromatic rings. The van der Waals surface area contributed by atoms with Crippen LogP contribution >= 0.6 is 0 Å². The minimum Gasteiger partial charge on any atom is -0.357 e. The highest BCUT2D eigenvalue weighted by atomic mass is 19.1. The number of benzene rings is 2. The van der Waals surface area contributed by atoms with Crippen molar-refractivity contribution in [1.29, 1.82) is 0 Å². The Hall–Kier alpha value is -2.99. The minimum absolute atomic E-state index is 0.0405. The van der Waals surface area contributed by atoms with Gasteiger partial charge >= 0.3 is 0 Å². The molecule has 0 bridgehead atoms. The molecule has 0 saturated heterocycles. The van der Waals surface area contributed by atoms with Gasteiger partial charge in [-0.2, -0.15) is 0 Å². The second-order valence-electron chi connectivity index (χ2n) is 8.52. The second-order valence-corrected chi connectivity index (χ2v) is 8.52. The molecule has 1 amide bonds. The Morgan fingerprint density at radius 2 is 2.09 bits per heavy atom. The number of rotatable bonds is 5. The summed E-state index contributed by atoms with van der Waals surface area (Å²) < 4.78 is 29.5. The average molecular weight is 438 g/mol. The average Bonchev–Trinajstić information content (AvgIpc) is 2.81. The standard InChI is InChI=1S/C26H29F2N3O/c1-4-17-13-20-5-6-21(24(28)25(20)30-16(17)2)15-31-11-9-18(10-12-31)19-7-8-22(23(27)14-19)26(32)29-3/h5-9,14,17,30H,2,4,10-13,15H2,1,3H3,(H,29,32). The highest BCUT2D eigenvalue weighted by Crippen LogP contribution is 2.35. The topological polar surface area (TPSA) is 44.4 Å². The zero-order valence-corrected chi connectivity index (χ0v) is 18.6. The van der Waals surface area contributed by atoms with Gasteiger partial charge in [0.15, 0.2) is 5.82 Å². The van der Waals surface area contributed by atoms with Crippen molar-refractivity contribution in [3.8, 4) is 0 Å². The largest absolute Gasteiger partial charge is 0.357 e. The predicted molar refractivity (Wildman–Crippen MR) is 124 cm³/mol. The smallest absolute Gasteiger partial charge is 0.253 e. The minimum atomic E-state index is -0.527. The van der Waals surface area contributed by atoms with Crippen LogP contribution < -0.4 is 10.6 Å². The van der Waals surface area contributed by atoms with Crippen LogP contribution in [0.25, 0.3) is 5.57 Å². The van der Waals surface area contributed by atoms with Gasteiger partial charge in [-0.05, 0) is 48.1 Å². The summed E-state index contributed by atoms with van der Waals surface area (Å²) in [6.07, 6.45) is 4.59. The van der Waals surface area contributed by atoms with Gasteiger partial charge in [-0.15, -0.1) is 0 Å². The van der Waals surface area contributed by atoms with E-state index in [1.54, 1.807) is 6.07 Å². The summed E-state index contributed by atoms with van der Waals surface area (Å²) in [5.41, 5.74) is 4.98. The lowest BCUT2D eigenvalue weighted by Gasteiger charge is -2.30. The summed E-state index contributed by atoms with van der Waals surface area (Å²) >= 11 is 0. The first-order valence-corrected chi connectivity index (χ1v) is 11.1. The number of fused-ring (bicyclic) bond motifs is 1. The van der Waals surface area contributed by atoms with Gasteiger partial charge in [0.1, 0.15) is 5.82 Å². The fourth-order valence-corrected chi connectivity index (χ4v) is 4.52. The van der Waals surface area contributed by atoms with E-state index in [1.807, 2.05) is 12.1 Å². The van der Waals surface area contributed by atoms with Gasteiger partial charge < -0.3 is 10.6 Å². The van der Waals surface area contributed by atoms with Gasteiger partial charge in [-0.1, -0.05) is 37.8 Å². The normalized spacial score (nSPS) is 18.6. The Bertz CT molecular complexity index is 1090. The van der Waals surface area contributed by atoms with Crippen LogP contribution in [-0.4, -0.2) is 30.9 Å². The van der Waals surface area contributed by atoms with Crippen LogP contribution in [0.3, 0.4) is 0 Å². The van der Waals surface area contributed by atoms with E-state index in [4.69, 9.17) is 0 Å². The summed E-state index contributed by atoms with van der Waals surface area (Å²) in [5.74, 6) is -0.817. The van der Waals surface area contributed by atoms with Crippen molar-refractivity contribution < 1.29 is 13.6 Å². The van der Waals surface area contributed by atoms with Crippen LogP contribution in [0, 0.1) is 17.6 Å². The lowest BCUT2D eigenvalue weighted by molar-refractivity contribution is 0.0959. The van der Waals surface area contributed by atoms with Gasteiger partial charge in [-0.25, -0.2) is 8.78 Å². The molecule has 4 nitrogen and oxygen atoms in total. The third-order valence-corrected chi connectivity index (χ3v) is 6.54. The van der Waals surface area contributed by atoms with E-state index in [-0.39, 0.29) is 11.4 Å². The maximum atomic E-state index is 15.2. The van der Waals surface area contributed by atoms with E-state index < -0.39 is 11.7 Å². The van der Waals surface area contributed by atoms with Crippen LogP contribution in [0.1, 0.15) is 46.8 Å². The monoisotopic (exact) mass is 437 g/mol. The number of nitrogens with zero attached hydrogens (tertiary/aromatic N) is 1. The summed E-state index contributed by atoms with van der Waals surface area (Å²) in [6.45, 7) is 8.11. The molecular formula is C26H29F2N3O. The van der Waals surface area contributed by atoms with Crippen molar-refractivity contribution >= 4 is 17.2 Å². The van der Waals surface area contributed by atoms with E-state index >= 15 is 4.39 Å². The SMILES string of the molecule is C=C1Nc2c(ccc(CN3CC=C(c4ccc(C(=O)NC)c(F)c4)CC3)c2F)CC1CC. The number of carbonyl (C=O) groups excluding carboxylic acids is 1. The quantitative estimate of drug-likeness (QED) is 0.682. The Labute approximate surface area is 188 Å². The molecule has 0 radical (unpaired) electrons. The van der Waals surface area contributed by atoms with Gasteiger partial charge in [0.05, 0.1) is 11.3 Å². The fraction of sp³-hybridized carbons (Fsp3) is 0.346. The van der Waals surface area contributed by atoms with Crippen LogP contribution in [0.5, 0.6) is 0 Å². The molecule has 0 saturated carbocycles. The van der Waals surface area contributed by atoms with Crippen LogP contribution in [0.2, 0.25) is 0 Å². The summed E-state index contributed by atoms with van der Waals surface area (Å²) in [7, 11) is 1.48. The summed E-state index contributed by atoms with van der Waals surface area (Å²) in [6, 6.07) is 8.63. The van der Waals surface area contributed by atoms with Crippen molar-refractivity contribution in [1.82, 2.24) is 10.2 Å². The molecule has 6 heteroatoms. The number of hydrogen-bond acceptors (Lipinski definition) is 3. The van der Waals surface area contributed by atoms with E-state index in [0.29, 0.717) is 30.3 Å². The molecule has 0 fully saturated rings. The van der Waals surface area contributed by atoms with E-state index in [9.17, 15) is 9.18 Å². The molecule has 2 heterocycles. The first-order chi connectivity index (χ1) is 15.4. The molecule has 4 rings (SSSR count). The summed E-state index contributed by atoms with van der Waals surface area (Å²) in [5, 5.41) is 5.63. The zero-order valence-electron chi connectivity index (χ0n) is 18.6. The van der Waals surface area contributed by atoms with Crippen molar-refractivity contribution in [2.24, 2.45) is 5.92 Å². The fourth-order valence-electron chi connectivity index (χ4n) is 4.52. The number of amides is 1. The molecule has 2 N–H and O–H groups in total. The first-order valence-electron chi connectivity index (χ1n) is 11.1. The molecule has 2 aliphatic heterocycles. The predicted octanol–water partition coefficient (Wildman–Crippen LogP) is 5.12. The Morgan fingerprint density at radius 3 is 2.75 bits per heavy atom. The number of hydrogen-bond donors (Lipinski definition) is 2. The molecule has 1 atom stereocenters. The molecule has 2 aromatic carbocycles. The number of halogens is 2. The maximum Gasteiger partial charge on any atom is 0.253 e. The van der Waals surface area contributed by atoms with E-state index in [2.05, 4.69) is 35.1 Å². The second kappa shape index (κ2) is 9.25. The molecule has 2 aliphatic rings. The van der Waals surface area contributed by atoms with Gasteiger partial charge in [0, 0.05) is 43.9 Å². The van der Waals surface area contributed by atoms with Crippen molar-refractivity contribution in [2.45, 2.75) is 32.7 Å². The highest BCUT2D eigenvalue weighted by Gasteiger charge is 2.25. The first kappa shape index (κ1) is 22.2. The zero-order chi connectivity index (χ0) is 22.8. The molecular weight excluding hydrogens is 408 g/mol. The number of carbonyl (C=O) groups is 1. The lowest BCUT2D eigenvalue weighted by Crippen LogP contribution is -2.29. The van der Waals surface area contributed by atoms with Gasteiger partial charge in [0.25, 0.3) is 5.91 Å². The highest BCUT2D eigenvalue weighted by molar-refractivity contribution is 5.94.